The van der Waals surface area contributed by atoms with E-state index in [-0.39, 0.29) is 18.5 Å². The Bertz CT molecular complexity index is 1330. The molecule has 0 aromatic rings. The van der Waals surface area contributed by atoms with Gasteiger partial charge in [0, 0.05) is 12.8 Å². The average molecular weight is 1150 g/mol. The zero-order valence-electron chi connectivity index (χ0n) is 55.5. The molecule has 0 radical (unpaired) electrons. The molecular formula is C76H145NO5. The van der Waals surface area contributed by atoms with Crippen molar-refractivity contribution in [2.45, 2.75) is 424 Å². The van der Waals surface area contributed by atoms with E-state index in [4.69, 9.17) is 4.74 Å². The number of hydrogen-bond acceptors (Lipinski definition) is 5. The Labute approximate surface area is 513 Å². The fourth-order valence-corrected chi connectivity index (χ4v) is 11.7. The largest absolute Gasteiger partial charge is 0.466 e. The number of esters is 1. The van der Waals surface area contributed by atoms with Crippen LogP contribution < -0.4 is 5.32 Å². The van der Waals surface area contributed by atoms with E-state index in [1.807, 2.05) is 6.08 Å². The van der Waals surface area contributed by atoms with Gasteiger partial charge >= 0.3 is 5.97 Å². The van der Waals surface area contributed by atoms with Crippen molar-refractivity contribution in [3.8, 4) is 0 Å². The summed E-state index contributed by atoms with van der Waals surface area (Å²) in [5, 5.41) is 23.3. The highest BCUT2D eigenvalue weighted by atomic mass is 16.5. The summed E-state index contributed by atoms with van der Waals surface area (Å²) in [6, 6.07) is -0.629. The summed E-state index contributed by atoms with van der Waals surface area (Å²) in [7, 11) is 0. The Balaban J connectivity index is 3.40. The second kappa shape index (κ2) is 71.6. The molecule has 484 valence electrons. The second-order valence-corrected chi connectivity index (χ2v) is 25.6. The molecule has 2 atom stereocenters. The summed E-state index contributed by atoms with van der Waals surface area (Å²) in [5.74, 6) is -0.0557. The summed E-state index contributed by atoms with van der Waals surface area (Å²) in [6.07, 6.45) is 92.3. The van der Waals surface area contributed by atoms with Gasteiger partial charge in [0.2, 0.25) is 5.91 Å². The first kappa shape index (κ1) is 80.1. The first-order valence-electron chi connectivity index (χ1n) is 37.3. The molecule has 0 aliphatic carbocycles. The number of rotatable bonds is 70. The molecule has 6 heteroatoms. The number of carbonyl (C=O) groups excluding carboxylic acids is 2. The molecule has 0 aliphatic heterocycles. The maximum atomic E-state index is 12.5. The molecule has 2 unspecified atom stereocenters. The van der Waals surface area contributed by atoms with Crippen molar-refractivity contribution in [2.24, 2.45) is 0 Å². The van der Waals surface area contributed by atoms with Gasteiger partial charge in [-0.3, -0.25) is 9.59 Å². The lowest BCUT2D eigenvalue weighted by atomic mass is 10.0. The smallest absolute Gasteiger partial charge is 0.305 e. The SMILES string of the molecule is CCCCCC/C=C\C/C=C\CCCCCCCCCC(=O)OCCCCCCCCCCCCCCCCCCCCCCCCCC(=O)NC(CO)C(O)/C=C/CCCCCCCCCCCCCCCCCCCCCCCC. The van der Waals surface area contributed by atoms with Crippen LogP contribution in [0.5, 0.6) is 0 Å². The van der Waals surface area contributed by atoms with Crippen LogP contribution in [-0.2, 0) is 14.3 Å². The topological polar surface area (TPSA) is 95.9 Å². The third-order valence-electron chi connectivity index (χ3n) is 17.4. The van der Waals surface area contributed by atoms with E-state index < -0.39 is 12.1 Å². The molecule has 0 aromatic heterocycles. The predicted molar refractivity (Wildman–Crippen MR) is 361 cm³/mol. The Hall–Kier alpha value is -1.92. The van der Waals surface area contributed by atoms with E-state index in [0.717, 1.165) is 51.4 Å². The minimum Gasteiger partial charge on any atom is -0.466 e. The van der Waals surface area contributed by atoms with Crippen LogP contribution >= 0.6 is 0 Å². The quantitative estimate of drug-likeness (QED) is 0.0320. The van der Waals surface area contributed by atoms with Gasteiger partial charge < -0.3 is 20.3 Å². The lowest BCUT2D eigenvalue weighted by molar-refractivity contribution is -0.143. The molecular weight excluding hydrogens is 1010 g/mol. The molecule has 0 saturated carbocycles. The molecule has 0 aromatic carbocycles. The van der Waals surface area contributed by atoms with Crippen molar-refractivity contribution in [2.75, 3.05) is 13.2 Å². The van der Waals surface area contributed by atoms with E-state index in [1.54, 1.807) is 6.08 Å². The van der Waals surface area contributed by atoms with E-state index in [1.165, 1.54) is 334 Å². The van der Waals surface area contributed by atoms with Crippen molar-refractivity contribution in [3.63, 3.8) is 0 Å². The Morgan fingerprint density at radius 3 is 0.939 bits per heavy atom. The number of nitrogens with one attached hydrogen (secondary N) is 1. The molecule has 6 nitrogen and oxygen atoms in total. The number of carbonyl (C=O) groups is 2. The fraction of sp³-hybridized carbons (Fsp3) is 0.895. The van der Waals surface area contributed by atoms with E-state index in [9.17, 15) is 19.8 Å². The highest BCUT2D eigenvalue weighted by Crippen LogP contribution is 2.19. The van der Waals surface area contributed by atoms with Gasteiger partial charge in [0.15, 0.2) is 0 Å². The molecule has 3 N–H and O–H groups in total. The summed E-state index contributed by atoms with van der Waals surface area (Å²) in [4.78, 5) is 24.7. The zero-order valence-corrected chi connectivity index (χ0v) is 55.5. The van der Waals surface area contributed by atoms with Gasteiger partial charge in [-0.2, -0.15) is 0 Å². The third-order valence-corrected chi connectivity index (χ3v) is 17.4. The highest BCUT2D eigenvalue weighted by molar-refractivity contribution is 5.76. The van der Waals surface area contributed by atoms with Crippen molar-refractivity contribution in [3.05, 3.63) is 36.5 Å². The standard InChI is InChI=1S/C76H145NO5/c1-3-5-7-9-11-13-15-17-19-21-23-24-25-27-30-33-36-40-44-48-52-56-60-64-68-74(79)73(72-78)77-75(80)69-65-61-57-53-49-45-41-37-34-31-28-26-29-32-35-39-43-47-51-55-59-63-67-71-82-76(81)70-66-62-58-54-50-46-42-38-22-20-18-16-14-12-10-8-6-4-2/h14,16,20,22,64,68,73-74,78-79H,3-13,15,17-19,21,23-63,65-67,69-72H2,1-2H3,(H,77,80)/b16-14-,22-20-,68-64+. The Morgan fingerprint density at radius 2 is 0.610 bits per heavy atom. The van der Waals surface area contributed by atoms with Crippen LogP contribution in [0.15, 0.2) is 36.5 Å². The molecule has 0 aliphatic rings. The van der Waals surface area contributed by atoms with Gasteiger partial charge in [-0.25, -0.2) is 0 Å². The van der Waals surface area contributed by atoms with Crippen molar-refractivity contribution < 1.29 is 24.5 Å². The number of amides is 1. The number of aliphatic hydroxyl groups excluding tert-OH is 2. The van der Waals surface area contributed by atoms with E-state index in [0.29, 0.717) is 19.4 Å². The predicted octanol–water partition coefficient (Wildman–Crippen LogP) is 24.3. The number of unbranched alkanes of at least 4 members (excludes halogenated alkanes) is 55. The van der Waals surface area contributed by atoms with Crippen molar-refractivity contribution in [1.82, 2.24) is 5.32 Å². The number of allylic oxidation sites excluding steroid dienone is 5. The first-order valence-corrected chi connectivity index (χ1v) is 37.3. The summed E-state index contributed by atoms with van der Waals surface area (Å²) in [6.45, 7) is 4.92. The molecule has 0 bridgehead atoms. The van der Waals surface area contributed by atoms with Gasteiger partial charge in [0.25, 0.3) is 0 Å². The minimum absolute atomic E-state index is 0.00737. The molecule has 0 rings (SSSR count). The third kappa shape index (κ3) is 67.2. The normalized spacial score (nSPS) is 12.7. The van der Waals surface area contributed by atoms with Crippen LogP contribution in [0.3, 0.4) is 0 Å². The lowest BCUT2D eigenvalue weighted by Gasteiger charge is -2.20. The van der Waals surface area contributed by atoms with Crippen LogP contribution in [0.25, 0.3) is 0 Å². The van der Waals surface area contributed by atoms with Crippen LogP contribution in [0.4, 0.5) is 0 Å². The highest BCUT2D eigenvalue weighted by Gasteiger charge is 2.18. The molecule has 0 spiro atoms. The summed E-state index contributed by atoms with van der Waals surface area (Å²) < 4.78 is 5.50. The van der Waals surface area contributed by atoms with Crippen LogP contribution in [0.1, 0.15) is 412 Å². The average Bonchev–Trinajstić information content (AvgIpc) is 3.48. The van der Waals surface area contributed by atoms with Gasteiger partial charge in [-0.1, -0.05) is 371 Å². The molecule has 1 amide bonds. The van der Waals surface area contributed by atoms with Crippen molar-refractivity contribution >= 4 is 11.9 Å². The number of hydrogen-bond donors (Lipinski definition) is 3. The van der Waals surface area contributed by atoms with Gasteiger partial charge in [0.05, 0.1) is 25.4 Å². The monoisotopic (exact) mass is 1150 g/mol. The van der Waals surface area contributed by atoms with Gasteiger partial charge in [0.1, 0.15) is 0 Å². The maximum absolute atomic E-state index is 12.5. The van der Waals surface area contributed by atoms with E-state index >= 15 is 0 Å². The lowest BCUT2D eigenvalue weighted by Crippen LogP contribution is -2.45. The Kier molecular flexibility index (Phi) is 69.9. The zero-order chi connectivity index (χ0) is 59.2. The van der Waals surface area contributed by atoms with Gasteiger partial charge in [-0.05, 0) is 64.2 Å². The summed E-state index contributed by atoms with van der Waals surface area (Å²) >= 11 is 0. The first-order chi connectivity index (χ1) is 40.5. The van der Waals surface area contributed by atoms with Crippen LogP contribution in [0, 0.1) is 0 Å². The molecule has 82 heavy (non-hydrogen) atoms. The summed E-state index contributed by atoms with van der Waals surface area (Å²) in [5.41, 5.74) is 0. The van der Waals surface area contributed by atoms with Crippen LogP contribution in [0.2, 0.25) is 0 Å². The second-order valence-electron chi connectivity index (χ2n) is 25.6. The molecule has 0 saturated heterocycles. The Morgan fingerprint density at radius 1 is 0.341 bits per heavy atom. The number of ether oxygens (including phenoxy) is 1. The number of aliphatic hydroxyl groups is 2. The van der Waals surface area contributed by atoms with Gasteiger partial charge in [-0.15, -0.1) is 0 Å². The minimum atomic E-state index is -0.846. The van der Waals surface area contributed by atoms with E-state index in [2.05, 4.69) is 43.5 Å². The fourth-order valence-electron chi connectivity index (χ4n) is 11.7. The molecule has 0 fully saturated rings. The van der Waals surface area contributed by atoms with Crippen LogP contribution in [-0.4, -0.2) is 47.4 Å². The van der Waals surface area contributed by atoms with Crippen molar-refractivity contribution in [1.29, 1.82) is 0 Å². The maximum Gasteiger partial charge on any atom is 0.305 e. The molecule has 0 heterocycles.